The van der Waals surface area contributed by atoms with Crippen molar-refractivity contribution < 1.29 is 28.6 Å². The first-order valence-corrected chi connectivity index (χ1v) is 12.2. The Labute approximate surface area is 212 Å². The molecule has 2 amide bonds. The van der Waals surface area contributed by atoms with E-state index in [1.54, 1.807) is 47.4 Å². The Morgan fingerprint density at radius 1 is 1.00 bits per heavy atom. The van der Waals surface area contributed by atoms with Gasteiger partial charge in [-0.1, -0.05) is 23.2 Å². The molecule has 2 saturated heterocycles. The predicted molar refractivity (Wildman–Crippen MR) is 128 cm³/mol. The van der Waals surface area contributed by atoms with Gasteiger partial charge in [0.2, 0.25) is 0 Å². The summed E-state index contributed by atoms with van der Waals surface area (Å²) in [5.74, 6) is 0.441. The largest absolute Gasteiger partial charge is 0.487 e. The molecule has 0 saturated carbocycles. The Morgan fingerprint density at radius 2 is 1.74 bits per heavy atom. The van der Waals surface area contributed by atoms with Gasteiger partial charge in [0.25, 0.3) is 11.8 Å². The quantitative estimate of drug-likeness (QED) is 0.652. The maximum atomic E-state index is 12.7. The lowest BCUT2D eigenvalue weighted by Crippen LogP contribution is -2.60. The summed E-state index contributed by atoms with van der Waals surface area (Å²) in [6.45, 7) is 1.22. The fourth-order valence-corrected chi connectivity index (χ4v) is 4.70. The van der Waals surface area contributed by atoms with Gasteiger partial charge in [-0.25, -0.2) is 0 Å². The summed E-state index contributed by atoms with van der Waals surface area (Å²) in [6.07, 6.45) is -0.474. The zero-order chi connectivity index (χ0) is 24.5. The third kappa shape index (κ3) is 5.39. The number of benzene rings is 2. The summed E-state index contributed by atoms with van der Waals surface area (Å²) in [5, 5.41) is 3.97. The lowest BCUT2D eigenvalue weighted by molar-refractivity contribution is -0.156. The predicted octanol–water partition coefficient (Wildman–Crippen LogP) is 3.28. The van der Waals surface area contributed by atoms with E-state index >= 15 is 0 Å². The molecule has 3 unspecified atom stereocenters. The Morgan fingerprint density at radius 3 is 2.46 bits per heavy atom. The van der Waals surface area contributed by atoms with Crippen LogP contribution in [0.15, 0.2) is 42.5 Å². The van der Waals surface area contributed by atoms with Crippen LogP contribution in [-0.4, -0.2) is 66.5 Å². The van der Waals surface area contributed by atoms with Crippen LogP contribution < -0.4 is 14.8 Å². The second-order valence-electron chi connectivity index (χ2n) is 8.92. The van der Waals surface area contributed by atoms with Gasteiger partial charge in [-0.2, -0.15) is 0 Å². The van der Waals surface area contributed by atoms with Crippen molar-refractivity contribution in [1.82, 2.24) is 10.2 Å². The molecule has 3 heterocycles. The molecule has 8 nitrogen and oxygen atoms in total. The number of carbonyl (C=O) groups excluding carboxylic acids is 3. The van der Waals surface area contributed by atoms with Crippen molar-refractivity contribution in [3.05, 3.63) is 58.1 Å². The molecule has 2 fully saturated rings. The third-order valence-electron chi connectivity index (χ3n) is 6.35. The molecule has 0 spiro atoms. The minimum Gasteiger partial charge on any atom is -0.487 e. The number of likely N-dealkylation sites (tertiary alicyclic amines) is 1. The lowest BCUT2D eigenvalue weighted by Gasteiger charge is -2.41. The zero-order valence-electron chi connectivity index (χ0n) is 18.7. The number of carbonyl (C=O) groups is 3. The van der Waals surface area contributed by atoms with Gasteiger partial charge in [-0.05, 0) is 55.3 Å². The first kappa shape index (κ1) is 23.9. The fraction of sp³-hybridized carbons (Fsp3) is 0.400. The number of nitrogens with one attached hydrogen (secondary N) is 1. The molecule has 1 N–H and O–H groups in total. The lowest BCUT2D eigenvalue weighted by atomic mass is 9.99. The maximum absolute atomic E-state index is 12.7. The van der Waals surface area contributed by atoms with Gasteiger partial charge in [-0.3, -0.25) is 14.4 Å². The molecule has 3 aliphatic rings. The van der Waals surface area contributed by atoms with Crippen molar-refractivity contribution >= 4 is 40.8 Å². The van der Waals surface area contributed by atoms with E-state index in [9.17, 15) is 14.4 Å². The molecule has 0 radical (unpaired) electrons. The Bertz CT molecular complexity index is 1130. The molecule has 5 rings (SSSR count). The van der Waals surface area contributed by atoms with Crippen molar-refractivity contribution in [2.75, 3.05) is 19.7 Å². The van der Waals surface area contributed by atoms with Gasteiger partial charge < -0.3 is 24.4 Å². The van der Waals surface area contributed by atoms with Crippen LogP contribution in [0.3, 0.4) is 0 Å². The number of fused-ring (bicyclic) bond motifs is 1. The molecular formula is C25H24Cl2N2O6. The number of amides is 2. The second kappa shape index (κ2) is 10.0. The molecule has 2 aromatic rings. The molecule has 10 heteroatoms. The van der Waals surface area contributed by atoms with E-state index in [1.165, 1.54) is 0 Å². The van der Waals surface area contributed by atoms with E-state index in [0.29, 0.717) is 47.3 Å². The van der Waals surface area contributed by atoms with E-state index in [1.807, 2.05) is 0 Å². The number of nitrogens with zero attached hydrogens (tertiary/aromatic N) is 1. The molecule has 0 bridgehead atoms. The molecular weight excluding hydrogens is 495 g/mol. The minimum absolute atomic E-state index is 0.0535. The highest BCUT2D eigenvalue weighted by Gasteiger charge is 2.39. The van der Waals surface area contributed by atoms with Crippen molar-refractivity contribution in [1.29, 1.82) is 0 Å². The molecule has 3 atom stereocenters. The van der Waals surface area contributed by atoms with Crippen molar-refractivity contribution in [2.45, 2.75) is 43.6 Å². The second-order valence-corrected chi connectivity index (χ2v) is 9.79. The summed E-state index contributed by atoms with van der Waals surface area (Å²) in [6, 6.07) is 11.6. The topological polar surface area (TPSA) is 94.2 Å². The first-order chi connectivity index (χ1) is 16.9. The molecule has 35 heavy (non-hydrogen) atoms. The van der Waals surface area contributed by atoms with Gasteiger partial charge in [0, 0.05) is 10.0 Å². The van der Waals surface area contributed by atoms with E-state index in [-0.39, 0.29) is 42.8 Å². The summed E-state index contributed by atoms with van der Waals surface area (Å²) >= 11 is 11.8. The van der Waals surface area contributed by atoms with Gasteiger partial charge in [0.15, 0.2) is 11.9 Å². The Balaban J connectivity index is 1.05. The van der Waals surface area contributed by atoms with Gasteiger partial charge in [-0.15, -0.1) is 0 Å². The van der Waals surface area contributed by atoms with Crippen LogP contribution in [0.25, 0.3) is 0 Å². The van der Waals surface area contributed by atoms with Crippen LogP contribution >= 0.6 is 23.2 Å². The van der Waals surface area contributed by atoms with Crippen LogP contribution in [0.4, 0.5) is 0 Å². The SMILES string of the molecule is O=C1CC(C(=O)NC2CCC(C(=O)N3CC(Oc4ccc(Cl)cc4)C3)OC2)Oc2ccc(Cl)cc21. The summed E-state index contributed by atoms with van der Waals surface area (Å²) in [4.78, 5) is 39.6. The molecule has 0 aliphatic carbocycles. The number of hydrogen-bond acceptors (Lipinski definition) is 6. The van der Waals surface area contributed by atoms with Crippen molar-refractivity contribution in [2.24, 2.45) is 0 Å². The number of Topliss-reactive ketones (excluding diaryl/α,β-unsaturated/α-hetero) is 1. The van der Waals surface area contributed by atoms with Crippen LogP contribution in [0.5, 0.6) is 11.5 Å². The van der Waals surface area contributed by atoms with Crippen molar-refractivity contribution in [3.63, 3.8) is 0 Å². The minimum atomic E-state index is -0.908. The van der Waals surface area contributed by atoms with Gasteiger partial charge in [0.1, 0.15) is 23.7 Å². The number of rotatable bonds is 5. The molecule has 3 aliphatic heterocycles. The number of hydrogen-bond donors (Lipinski definition) is 1. The average Bonchev–Trinajstić information content (AvgIpc) is 2.82. The standard InChI is InChI=1S/C25H24Cl2N2O6/c26-14-1-5-17(6-2-14)34-18-11-29(12-18)25(32)22-8-4-16(13-33-22)28-24(31)23-10-20(30)19-9-15(27)3-7-21(19)35-23/h1-3,5-7,9,16,18,22-23H,4,8,10-13H2,(H,28,31). The van der Waals surface area contributed by atoms with Gasteiger partial charge >= 0.3 is 0 Å². The number of ketones is 1. The summed E-state index contributed by atoms with van der Waals surface area (Å²) in [7, 11) is 0. The summed E-state index contributed by atoms with van der Waals surface area (Å²) in [5.41, 5.74) is 0.385. The Kier molecular flexibility index (Phi) is 6.86. The normalized spacial score (nSPS) is 24.1. The monoisotopic (exact) mass is 518 g/mol. The number of ether oxygens (including phenoxy) is 3. The Hall–Kier alpha value is -2.81. The van der Waals surface area contributed by atoms with Crippen LogP contribution in [0, 0.1) is 0 Å². The van der Waals surface area contributed by atoms with Crippen LogP contribution in [-0.2, 0) is 14.3 Å². The van der Waals surface area contributed by atoms with Crippen LogP contribution in [0.2, 0.25) is 10.0 Å². The van der Waals surface area contributed by atoms with Gasteiger partial charge in [0.05, 0.1) is 37.7 Å². The van der Waals surface area contributed by atoms with E-state index in [2.05, 4.69) is 5.32 Å². The highest BCUT2D eigenvalue weighted by molar-refractivity contribution is 6.31. The smallest absolute Gasteiger partial charge is 0.261 e. The molecule has 0 aromatic heterocycles. The summed E-state index contributed by atoms with van der Waals surface area (Å²) < 4.78 is 17.3. The zero-order valence-corrected chi connectivity index (χ0v) is 20.3. The highest BCUT2D eigenvalue weighted by atomic mass is 35.5. The molecule has 184 valence electrons. The van der Waals surface area contributed by atoms with E-state index in [4.69, 9.17) is 37.4 Å². The first-order valence-electron chi connectivity index (χ1n) is 11.5. The highest BCUT2D eigenvalue weighted by Crippen LogP contribution is 2.30. The molecule has 2 aromatic carbocycles. The fourth-order valence-electron chi connectivity index (χ4n) is 4.40. The van der Waals surface area contributed by atoms with E-state index in [0.717, 1.165) is 5.75 Å². The third-order valence-corrected chi connectivity index (χ3v) is 6.84. The number of halogens is 2. The average molecular weight is 519 g/mol. The van der Waals surface area contributed by atoms with Crippen molar-refractivity contribution in [3.8, 4) is 11.5 Å². The van der Waals surface area contributed by atoms with Crippen LogP contribution in [0.1, 0.15) is 29.6 Å². The van der Waals surface area contributed by atoms with E-state index < -0.39 is 12.2 Å². The maximum Gasteiger partial charge on any atom is 0.261 e.